The van der Waals surface area contributed by atoms with Gasteiger partial charge in [-0.2, -0.15) is 5.10 Å². The van der Waals surface area contributed by atoms with Crippen molar-refractivity contribution in [2.45, 2.75) is 6.92 Å². The van der Waals surface area contributed by atoms with Gasteiger partial charge in [0.1, 0.15) is 12.3 Å². The van der Waals surface area contributed by atoms with Crippen molar-refractivity contribution >= 4 is 44.6 Å². The van der Waals surface area contributed by atoms with Gasteiger partial charge < -0.3 is 4.74 Å². The number of hydrogen-bond donors (Lipinski definition) is 1. The van der Waals surface area contributed by atoms with Gasteiger partial charge in [0, 0.05) is 12.1 Å². The van der Waals surface area contributed by atoms with E-state index in [4.69, 9.17) is 16.3 Å². The Morgan fingerprint density at radius 3 is 2.40 bits per heavy atom. The van der Waals surface area contributed by atoms with Gasteiger partial charge in [0.2, 0.25) is 10.0 Å². The Bertz CT molecular complexity index is 1090. The third-order valence-corrected chi connectivity index (χ3v) is 5.39. The third-order valence-electron chi connectivity index (χ3n) is 3.96. The summed E-state index contributed by atoms with van der Waals surface area (Å²) in [7, 11) is -2.37. The first kappa shape index (κ1) is 23.1. The van der Waals surface area contributed by atoms with Crippen molar-refractivity contribution in [2.24, 2.45) is 5.10 Å². The van der Waals surface area contributed by atoms with E-state index >= 15 is 0 Å². The smallest absolute Gasteiger partial charge is 0.269 e. The van der Waals surface area contributed by atoms with Crippen LogP contribution in [0.25, 0.3) is 0 Å². The molecule has 0 saturated heterocycles. The second-order valence-electron chi connectivity index (χ2n) is 6.12. The Balaban J connectivity index is 2.15. The van der Waals surface area contributed by atoms with Crippen molar-refractivity contribution in [2.75, 3.05) is 24.2 Å². The highest BCUT2D eigenvalue weighted by Gasteiger charge is 2.22. The van der Waals surface area contributed by atoms with Crippen molar-refractivity contribution in [3.05, 3.63) is 63.2 Å². The van der Waals surface area contributed by atoms with Gasteiger partial charge >= 0.3 is 0 Å². The number of sulfonamides is 1. The summed E-state index contributed by atoms with van der Waals surface area (Å²) in [6.07, 6.45) is 0.962. The summed E-state index contributed by atoms with van der Waals surface area (Å²) in [6, 6.07) is 9.94. The lowest BCUT2D eigenvalue weighted by atomic mass is 10.1. The molecule has 0 spiro atoms. The van der Waals surface area contributed by atoms with Crippen molar-refractivity contribution in [3.63, 3.8) is 0 Å². The van der Waals surface area contributed by atoms with Gasteiger partial charge in [-0.25, -0.2) is 13.8 Å². The predicted octanol–water partition coefficient (Wildman–Crippen LogP) is 2.56. The molecule has 2 aromatic rings. The Morgan fingerprint density at radius 1 is 1.27 bits per heavy atom. The number of amides is 1. The number of carbonyl (C=O) groups excluding carboxylic acids is 1. The highest BCUT2D eigenvalue weighted by Crippen LogP contribution is 2.30. The number of carbonyl (C=O) groups is 1. The Morgan fingerprint density at radius 2 is 1.90 bits per heavy atom. The van der Waals surface area contributed by atoms with E-state index in [1.165, 1.54) is 49.6 Å². The predicted molar refractivity (Wildman–Crippen MR) is 114 cm³/mol. The fourth-order valence-electron chi connectivity index (χ4n) is 2.41. The van der Waals surface area contributed by atoms with Crippen LogP contribution in [0.15, 0.2) is 47.6 Å². The molecule has 160 valence electrons. The van der Waals surface area contributed by atoms with E-state index in [-0.39, 0.29) is 16.4 Å². The van der Waals surface area contributed by atoms with Gasteiger partial charge in [-0.05, 0) is 42.8 Å². The maximum atomic E-state index is 12.3. The largest absolute Gasteiger partial charge is 0.495 e. The zero-order chi connectivity index (χ0) is 22.5. The molecule has 2 rings (SSSR count). The molecular formula is C18H19ClN4O6S. The number of rotatable bonds is 8. The fourth-order valence-corrected chi connectivity index (χ4v) is 3.51. The molecule has 0 aliphatic rings. The maximum Gasteiger partial charge on any atom is 0.269 e. The van der Waals surface area contributed by atoms with Gasteiger partial charge in [-0.15, -0.1) is 0 Å². The monoisotopic (exact) mass is 454 g/mol. The molecule has 1 amide bonds. The Hall–Kier alpha value is -3.18. The van der Waals surface area contributed by atoms with Crippen LogP contribution in [0.5, 0.6) is 5.75 Å². The summed E-state index contributed by atoms with van der Waals surface area (Å²) in [4.78, 5) is 22.5. The van der Waals surface area contributed by atoms with E-state index in [9.17, 15) is 23.3 Å². The van der Waals surface area contributed by atoms with Crippen LogP contribution in [0.4, 0.5) is 11.4 Å². The zero-order valence-electron chi connectivity index (χ0n) is 16.3. The lowest BCUT2D eigenvalue weighted by Crippen LogP contribution is -2.39. The van der Waals surface area contributed by atoms with Crippen LogP contribution in [-0.4, -0.2) is 44.9 Å². The molecular weight excluding hydrogens is 436 g/mol. The first-order chi connectivity index (χ1) is 14.0. The number of ether oxygens (including phenoxy) is 1. The summed E-state index contributed by atoms with van der Waals surface area (Å²) in [5, 5.41) is 14.8. The summed E-state index contributed by atoms with van der Waals surface area (Å²) in [6.45, 7) is 1.07. The molecule has 0 atom stereocenters. The summed E-state index contributed by atoms with van der Waals surface area (Å²) in [5.74, 6) is -0.324. The van der Waals surface area contributed by atoms with E-state index in [1.807, 2.05) is 0 Å². The van der Waals surface area contributed by atoms with Crippen molar-refractivity contribution in [1.29, 1.82) is 0 Å². The summed E-state index contributed by atoms with van der Waals surface area (Å²) < 4.78 is 30.2. The number of halogens is 1. The van der Waals surface area contributed by atoms with Gasteiger partial charge in [-0.1, -0.05) is 11.6 Å². The molecule has 0 fully saturated rings. The first-order valence-electron chi connectivity index (χ1n) is 8.42. The third kappa shape index (κ3) is 5.91. The quantitative estimate of drug-likeness (QED) is 0.370. The van der Waals surface area contributed by atoms with E-state index in [0.29, 0.717) is 17.0 Å². The van der Waals surface area contributed by atoms with Crippen LogP contribution < -0.4 is 14.5 Å². The molecule has 0 bridgehead atoms. The molecule has 10 nitrogen and oxygen atoms in total. The fraction of sp³-hybridized carbons (Fsp3) is 0.222. The molecule has 1 N–H and O–H groups in total. The van der Waals surface area contributed by atoms with Crippen molar-refractivity contribution in [3.8, 4) is 5.75 Å². The number of hydrogen-bond acceptors (Lipinski definition) is 7. The Labute approximate surface area is 178 Å². The first-order valence-corrected chi connectivity index (χ1v) is 10.6. The molecule has 0 unspecified atom stereocenters. The molecule has 0 saturated carbocycles. The van der Waals surface area contributed by atoms with Gasteiger partial charge in [0.15, 0.2) is 0 Å². The number of benzene rings is 2. The van der Waals surface area contributed by atoms with Crippen LogP contribution in [0.2, 0.25) is 5.02 Å². The second kappa shape index (κ2) is 9.55. The molecule has 0 aromatic heterocycles. The van der Waals surface area contributed by atoms with E-state index in [0.717, 1.165) is 10.6 Å². The number of nitrogens with one attached hydrogen (secondary N) is 1. The van der Waals surface area contributed by atoms with Gasteiger partial charge in [-0.3, -0.25) is 19.2 Å². The van der Waals surface area contributed by atoms with Crippen LogP contribution in [0.3, 0.4) is 0 Å². The number of nitrogens with zero attached hydrogens (tertiary/aromatic N) is 3. The molecule has 0 aliphatic carbocycles. The SMILES string of the molecule is COc1ccc(N(CC(=O)N/N=C(/C)c2ccc([N+](=O)[O-])cc2)S(C)(=O)=O)cc1Cl. The van der Waals surface area contributed by atoms with Crippen LogP contribution in [0.1, 0.15) is 12.5 Å². The van der Waals surface area contributed by atoms with E-state index < -0.39 is 27.4 Å². The molecule has 0 radical (unpaired) electrons. The highest BCUT2D eigenvalue weighted by atomic mass is 35.5. The average Bonchev–Trinajstić information content (AvgIpc) is 2.69. The normalized spacial score (nSPS) is 11.7. The minimum absolute atomic E-state index is 0.0717. The van der Waals surface area contributed by atoms with E-state index in [1.54, 1.807) is 6.92 Å². The molecule has 0 heterocycles. The lowest BCUT2D eigenvalue weighted by molar-refractivity contribution is -0.384. The zero-order valence-corrected chi connectivity index (χ0v) is 17.9. The topological polar surface area (TPSA) is 131 Å². The Kier molecular flexibility index (Phi) is 7.35. The summed E-state index contributed by atoms with van der Waals surface area (Å²) >= 11 is 6.05. The number of hydrazone groups is 1. The molecule has 2 aromatic carbocycles. The van der Waals surface area contributed by atoms with Crippen LogP contribution in [0, 0.1) is 10.1 Å². The summed E-state index contributed by atoms with van der Waals surface area (Å²) in [5.41, 5.74) is 3.34. The molecule has 30 heavy (non-hydrogen) atoms. The minimum Gasteiger partial charge on any atom is -0.495 e. The van der Waals surface area contributed by atoms with Crippen LogP contribution >= 0.6 is 11.6 Å². The van der Waals surface area contributed by atoms with Crippen molar-refractivity contribution in [1.82, 2.24) is 5.43 Å². The highest BCUT2D eigenvalue weighted by molar-refractivity contribution is 7.92. The second-order valence-corrected chi connectivity index (χ2v) is 8.44. The van der Waals surface area contributed by atoms with Gasteiger partial charge in [0.05, 0.1) is 34.7 Å². The average molecular weight is 455 g/mol. The lowest BCUT2D eigenvalue weighted by Gasteiger charge is -2.22. The van der Waals surface area contributed by atoms with Crippen LogP contribution in [-0.2, 0) is 14.8 Å². The standard InChI is InChI=1S/C18H19ClN4O6S/c1-12(13-4-6-14(7-5-13)23(25)26)20-21-18(24)11-22(30(3,27)28)15-8-9-17(29-2)16(19)10-15/h4-10H,11H2,1-3H3,(H,21,24)/b20-12-. The molecule has 0 aliphatic heterocycles. The van der Waals surface area contributed by atoms with Crippen molar-refractivity contribution < 1.29 is 22.9 Å². The number of nitro benzene ring substituents is 1. The van der Waals surface area contributed by atoms with Gasteiger partial charge in [0.25, 0.3) is 11.6 Å². The molecule has 12 heteroatoms. The number of non-ortho nitro benzene ring substituents is 1. The maximum absolute atomic E-state index is 12.3. The van der Waals surface area contributed by atoms with E-state index in [2.05, 4.69) is 10.5 Å². The number of anilines is 1. The number of methoxy groups -OCH3 is 1. The minimum atomic E-state index is -3.79. The number of nitro groups is 1.